The number of hydrogen-bond donors (Lipinski definition) is 1. The lowest BCUT2D eigenvalue weighted by atomic mass is 10.1. The predicted octanol–water partition coefficient (Wildman–Crippen LogP) is 2.38. The van der Waals surface area contributed by atoms with E-state index in [1.807, 2.05) is 0 Å². The van der Waals surface area contributed by atoms with Crippen molar-refractivity contribution in [2.45, 2.75) is 32.7 Å². The highest BCUT2D eigenvalue weighted by atomic mass is 16.5. The van der Waals surface area contributed by atoms with Gasteiger partial charge in [-0.25, -0.2) is 4.79 Å². The van der Waals surface area contributed by atoms with Gasteiger partial charge >= 0.3 is 11.9 Å². The summed E-state index contributed by atoms with van der Waals surface area (Å²) in [5.41, 5.74) is 0.753. The van der Waals surface area contributed by atoms with E-state index in [2.05, 4.69) is 5.32 Å². The Morgan fingerprint density at radius 2 is 1.73 bits per heavy atom. The smallest absolute Gasteiger partial charge is 0.328 e. The Morgan fingerprint density at radius 1 is 1.09 bits per heavy atom. The van der Waals surface area contributed by atoms with Crippen LogP contribution in [0.3, 0.4) is 0 Å². The number of methoxy groups -OCH3 is 1. The SMILES string of the molecule is CCOC(=O)CC[C@H](Nc1ccc(OC)cc1)C(=O)OCC. The lowest BCUT2D eigenvalue weighted by Gasteiger charge is -2.18. The van der Waals surface area contributed by atoms with E-state index in [-0.39, 0.29) is 18.4 Å². The number of hydrogen-bond acceptors (Lipinski definition) is 6. The molecule has 1 atom stereocenters. The quantitative estimate of drug-likeness (QED) is 0.706. The summed E-state index contributed by atoms with van der Waals surface area (Å²) in [6, 6.07) is 6.58. The second kappa shape index (κ2) is 9.65. The molecular weight excluding hydrogens is 286 g/mol. The van der Waals surface area contributed by atoms with Gasteiger partial charge in [-0.05, 0) is 44.5 Å². The third-order valence-corrected chi connectivity index (χ3v) is 2.94. The van der Waals surface area contributed by atoms with Gasteiger partial charge in [-0.3, -0.25) is 4.79 Å². The van der Waals surface area contributed by atoms with E-state index in [0.29, 0.717) is 19.6 Å². The average Bonchev–Trinajstić information content (AvgIpc) is 2.52. The van der Waals surface area contributed by atoms with E-state index >= 15 is 0 Å². The molecule has 22 heavy (non-hydrogen) atoms. The summed E-state index contributed by atoms with van der Waals surface area (Å²) < 4.78 is 15.0. The van der Waals surface area contributed by atoms with Crippen molar-refractivity contribution in [3.63, 3.8) is 0 Å². The van der Waals surface area contributed by atoms with Crippen molar-refractivity contribution in [2.75, 3.05) is 25.6 Å². The highest BCUT2D eigenvalue weighted by Gasteiger charge is 2.21. The number of ether oxygens (including phenoxy) is 3. The maximum atomic E-state index is 12.0. The van der Waals surface area contributed by atoms with Gasteiger partial charge in [-0.1, -0.05) is 0 Å². The Bertz CT molecular complexity index is 472. The van der Waals surface area contributed by atoms with Crippen molar-refractivity contribution in [1.29, 1.82) is 0 Å². The molecule has 0 aliphatic rings. The van der Waals surface area contributed by atoms with E-state index in [9.17, 15) is 9.59 Å². The van der Waals surface area contributed by atoms with Gasteiger partial charge in [-0.15, -0.1) is 0 Å². The summed E-state index contributed by atoms with van der Waals surface area (Å²) in [5.74, 6) is 0.0145. The molecule has 1 N–H and O–H groups in total. The number of nitrogens with one attached hydrogen (secondary N) is 1. The zero-order chi connectivity index (χ0) is 16.4. The minimum Gasteiger partial charge on any atom is -0.497 e. The van der Waals surface area contributed by atoms with Crippen LogP contribution < -0.4 is 10.1 Å². The number of carbonyl (C=O) groups is 2. The molecule has 0 heterocycles. The normalized spacial score (nSPS) is 11.4. The van der Waals surface area contributed by atoms with E-state index in [4.69, 9.17) is 14.2 Å². The van der Waals surface area contributed by atoms with Crippen LogP contribution in [0.15, 0.2) is 24.3 Å². The zero-order valence-corrected chi connectivity index (χ0v) is 13.3. The summed E-state index contributed by atoms with van der Waals surface area (Å²) in [6.07, 6.45) is 0.462. The van der Waals surface area contributed by atoms with Crippen molar-refractivity contribution in [2.24, 2.45) is 0 Å². The molecule has 0 aliphatic heterocycles. The van der Waals surface area contributed by atoms with Gasteiger partial charge in [0.15, 0.2) is 0 Å². The molecule has 122 valence electrons. The first-order valence-corrected chi connectivity index (χ1v) is 7.33. The van der Waals surface area contributed by atoms with Crippen LogP contribution in [0, 0.1) is 0 Å². The van der Waals surface area contributed by atoms with E-state index in [0.717, 1.165) is 11.4 Å². The van der Waals surface area contributed by atoms with Gasteiger partial charge in [0.2, 0.25) is 0 Å². The van der Waals surface area contributed by atoms with Gasteiger partial charge in [-0.2, -0.15) is 0 Å². The first kappa shape index (κ1) is 17.8. The topological polar surface area (TPSA) is 73.9 Å². The lowest BCUT2D eigenvalue weighted by molar-refractivity contribution is -0.145. The number of carbonyl (C=O) groups excluding carboxylic acids is 2. The van der Waals surface area contributed by atoms with Gasteiger partial charge in [0.05, 0.1) is 20.3 Å². The van der Waals surface area contributed by atoms with Gasteiger partial charge in [0.25, 0.3) is 0 Å². The van der Waals surface area contributed by atoms with Crippen LogP contribution in [-0.4, -0.2) is 38.3 Å². The van der Waals surface area contributed by atoms with E-state index in [1.165, 1.54) is 0 Å². The summed E-state index contributed by atoms with van der Waals surface area (Å²) in [4.78, 5) is 23.4. The molecule has 1 rings (SSSR count). The van der Waals surface area contributed by atoms with Crippen molar-refractivity contribution in [1.82, 2.24) is 0 Å². The molecule has 0 fully saturated rings. The number of benzene rings is 1. The maximum absolute atomic E-state index is 12.0. The third kappa shape index (κ3) is 6.03. The molecular formula is C16H23NO5. The molecule has 0 amide bonds. The molecule has 0 bridgehead atoms. The van der Waals surface area contributed by atoms with Gasteiger partial charge < -0.3 is 19.5 Å². The van der Waals surface area contributed by atoms with Gasteiger partial charge in [0.1, 0.15) is 11.8 Å². The largest absolute Gasteiger partial charge is 0.497 e. The average molecular weight is 309 g/mol. The second-order valence-electron chi connectivity index (χ2n) is 4.52. The van der Waals surface area contributed by atoms with Crippen LogP contribution in [0.1, 0.15) is 26.7 Å². The number of anilines is 1. The minimum atomic E-state index is -0.599. The molecule has 6 nitrogen and oxygen atoms in total. The third-order valence-electron chi connectivity index (χ3n) is 2.94. The monoisotopic (exact) mass is 309 g/mol. The molecule has 0 spiro atoms. The Hall–Kier alpha value is -2.24. The van der Waals surface area contributed by atoms with Crippen molar-refractivity contribution >= 4 is 17.6 Å². The molecule has 0 radical (unpaired) electrons. The molecule has 0 aliphatic carbocycles. The molecule has 1 aromatic rings. The fourth-order valence-corrected chi connectivity index (χ4v) is 1.88. The minimum absolute atomic E-state index is 0.153. The van der Waals surface area contributed by atoms with Crippen LogP contribution in [0.25, 0.3) is 0 Å². The Labute approximate surface area is 130 Å². The van der Waals surface area contributed by atoms with Crippen LogP contribution in [0.4, 0.5) is 5.69 Å². The molecule has 0 aromatic heterocycles. The first-order valence-electron chi connectivity index (χ1n) is 7.33. The molecule has 0 unspecified atom stereocenters. The first-order chi connectivity index (χ1) is 10.6. The van der Waals surface area contributed by atoms with Crippen molar-refractivity contribution < 1.29 is 23.8 Å². The fraction of sp³-hybridized carbons (Fsp3) is 0.500. The highest BCUT2D eigenvalue weighted by molar-refractivity contribution is 5.80. The Balaban J connectivity index is 2.67. The predicted molar refractivity (Wildman–Crippen MR) is 82.9 cm³/mol. The molecule has 0 saturated heterocycles. The van der Waals surface area contributed by atoms with Crippen LogP contribution in [-0.2, 0) is 19.1 Å². The zero-order valence-electron chi connectivity index (χ0n) is 13.3. The molecule has 6 heteroatoms. The molecule has 1 aromatic carbocycles. The fourth-order valence-electron chi connectivity index (χ4n) is 1.88. The Kier molecular flexibility index (Phi) is 7.81. The molecule has 0 saturated carbocycles. The van der Waals surface area contributed by atoms with Crippen molar-refractivity contribution in [3.05, 3.63) is 24.3 Å². The van der Waals surface area contributed by atoms with Crippen LogP contribution in [0.5, 0.6) is 5.75 Å². The van der Waals surface area contributed by atoms with E-state index in [1.54, 1.807) is 45.2 Å². The maximum Gasteiger partial charge on any atom is 0.328 e. The highest BCUT2D eigenvalue weighted by Crippen LogP contribution is 2.17. The van der Waals surface area contributed by atoms with E-state index < -0.39 is 6.04 Å². The van der Waals surface area contributed by atoms with Gasteiger partial charge in [0, 0.05) is 12.1 Å². The summed E-state index contributed by atoms with van der Waals surface area (Å²) in [7, 11) is 1.59. The van der Waals surface area contributed by atoms with Crippen molar-refractivity contribution in [3.8, 4) is 5.75 Å². The summed E-state index contributed by atoms with van der Waals surface area (Å²) >= 11 is 0. The standard InChI is InChI=1S/C16H23NO5/c1-4-21-15(18)11-10-14(16(19)22-5-2)17-12-6-8-13(20-3)9-7-12/h6-9,14,17H,4-5,10-11H2,1-3H3/t14-/m0/s1. The number of esters is 2. The van der Waals surface area contributed by atoms with Crippen LogP contribution >= 0.6 is 0 Å². The lowest BCUT2D eigenvalue weighted by Crippen LogP contribution is -2.32. The summed E-state index contributed by atoms with van der Waals surface area (Å²) in [6.45, 7) is 4.11. The van der Waals surface area contributed by atoms with Crippen LogP contribution in [0.2, 0.25) is 0 Å². The second-order valence-corrected chi connectivity index (χ2v) is 4.52. The number of rotatable bonds is 9. The Morgan fingerprint density at radius 3 is 2.27 bits per heavy atom. The summed E-state index contributed by atoms with van der Waals surface area (Å²) in [5, 5.41) is 3.07.